The third kappa shape index (κ3) is 3.33. The molecule has 4 heteroatoms. The molecule has 0 aliphatic carbocycles. The van der Waals surface area contributed by atoms with Gasteiger partial charge in [0.05, 0.1) is 0 Å². The van der Waals surface area contributed by atoms with E-state index in [4.69, 9.17) is 5.11 Å². The van der Waals surface area contributed by atoms with Crippen molar-refractivity contribution in [3.05, 3.63) is 65.7 Å². The molecule has 0 fully saturated rings. The van der Waals surface area contributed by atoms with Crippen LogP contribution in [0, 0.1) is 0 Å². The molecule has 0 aliphatic rings. The van der Waals surface area contributed by atoms with Crippen LogP contribution in [0.2, 0.25) is 0 Å². The van der Waals surface area contributed by atoms with E-state index in [1.807, 2.05) is 36.4 Å². The van der Waals surface area contributed by atoms with Crippen LogP contribution in [0.5, 0.6) is 0 Å². The number of carboxylic acid groups (broad SMARTS) is 1. The van der Waals surface area contributed by atoms with Crippen LogP contribution in [0.3, 0.4) is 0 Å². The molecule has 0 heterocycles. The third-order valence-corrected chi connectivity index (χ3v) is 2.80. The standard InChI is InChI=1S/C15H15NO3/c17-14(18)10-16-13-9-5-4-8-12(13)15(19)11-6-2-1-3-7-11/h1-9,15-16,19H,10H2,(H,17,18). The fraction of sp³-hybridized carbons (Fsp3) is 0.133. The van der Waals surface area contributed by atoms with Gasteiger partial charge in [0.25, 0.3) is 0 Å². The fourth-order valence-corrected chi connectivity index (χ4v) is 1.88. The van der Waals surface area contributed by atoms with Gasteiger partial charge in [-0.3, -0.25) is 4.79 Å². The van der Waals surface area contributed by atoms with Gasteiger partial charge in [-0.2, -0.15) is 0 Å². The first kappa shape index (κ1) is 13.1. The van der Waals surface area contributed by atoms with Crippen molar-refractivity contribution in [3.8, 4) is 0 Å². The second-order valence-electron chi connectivity index (χ2n) is 4.15. The summed E-state index contributed by atoms with van der Waals surface area (Å²) in [6.07, 6.45) is -0.779. The number of rotatable bonds is 5. The molecule has 2 aromatic carbocycles. The molecular weight excluding hydrogens is 242 g/mol. The Morgan fingerprint density at radius 2 is 1.68 bits per heavy atom. The van der Waals surface area contributed by atoms with Gasteiger partial charge in [-0.25, -0.2) is 0 Å². The second kappa shape index (κ2) is 6.02. The zero-order valence-corrected chi connectivity index (χ0v) is 10.3. The van der Waals surface area contributed by atoms with Gasteiger partial charge < -0.3 is 15.5 Å². The van der Waals surface area contributed by atoms with Crippen molar-refractivity contribution in [1.82, 2.24) is 0 Å². The number of carboxylic acids is 1. The average Bonchev–Trinajstić information content (AvgIpc) is 2.45. The molecule has 0 aromatic heterocycles. The minimum Gasteiger partial charge on any atom is -0.480 e. The summed E-state index contributed by atoms with van der Waals surface area (Å²) in [7, 11) is 0. The highest BCUT2D eigenvalue weighted by Gasteiger charge is 2.14. The van der Waals surface area contributed by atoms with Crippen molar-refractivity contribution >= 4 is 11.7 Å². The quantitative estimate of drug-likeness (QED) is 0.768. The Bertz CT molecular complexity index is 554. The van der Waals surface area contributed by atoms with Crippen molar-refractivity contribution in [3.63, 3.8) is 0 Å². The number of nitrogens with one attached hydrogen (secondary N) is 1. The van der Waals surface area contributed by atoms with Gasteiger partial charge in [-0.1, -0.05) is 48.5 Å². The summed E-state index contributed by atoms with van der Waals surface area (Å²) in [5, 5.41) is 21.9. The van der Waals surface area contributed by atoms with Crippen LogP contribution < -0.4 is 5.32 Å². The van der Waals surface area contributed by atoms with Gasteiger partial charge in [0, 0.05) is 11.3 Å². The Morgan fingerprint density at radius 3 is 2.37 bits per heavy atom. The number of aliphatic hydroxyl groups excluding tert-OH is 1. The van der Waals surface area contributed by atoms with Gasteiger partial charge in [0.2, 0.25) is 0 Å². The van der Waals surface area contributed by atoms with Crippen LogP contribution in [0.4, 0.5) is 5.69 Å². The zero-order chi connectivity index (χ0) is 13.7. The van der Waals surface area contributed by atoms with Crippen molar-refractivity contribution in [2.24, 2.45) is 0 Å². The van der Waals surface area contributed by atoms with Crippen LogP contribution in [-0.2, 0) is 4.79 Å². The van der Waals surface area contributed by atoms with E-state index in [2.05, 4.69) is 5.32 Å². The number of carbonyl (C=O) groups is 1. The molecule has 0 spiro atoms. The monoisotopic (exact) mass is 257 g/mol. The lowest BCUT2D eigenvalue weighted by atomic mass is 10.00. The highest BCUT2D eigenvalue weighted by molar-refractivity contribution is 5.73. The molecule has 2 aromatic rings. The minimum atomic E-state index is -0.941. The molecule has 1 unspecified atom stereocenters. The first-order valence-corrected chi connectivity index (χ1v) is 5.96. The first-order chi connectivity index (χ1) is 9.18. The zero-order valence-electron chi connectivity index (χ0n) is 10.3. The maximum atomic E-state index is 10.6. The SMILES string of the molecule is O=C(O)CNc1ccccc1C(O)c1ccccc1. The van der Waals surface area contributed by atoms with Gasteiger partial charge in [-0.15, -0.1) is 0 Å². The van der Waals surface area contributed by atoms with E-state index in [9.17, 15) is 9.90 Å². The summed E-state index contributed by atoms with van der Waals surface area (Å²) in [6, 6.07) is 16.4. The van der Waals surface area contributed by atoms with E-state index >= 15 is 0 Å². The summed E-state index contributed by atoms with van der Waals surface area (Å²) in [5.41, 5.74) is 2.06. The van der Waals surface area contributed by atoms with Crippen LogP contribution in [0.15, 0.2) is 54.6 Å². The van der Waals surface area contributed by atoms with Crippen LogP contribution in [-0.4, -0.2) is 22.7 Å². The van der Waals surface area contributed by atoms with E-state index in [0.717, 1.165) is 5.56 Å². The molecule has 0 bridgehead atoms. The predicted molar refractivity (Wildman–Crippen MR) is 73.1 cm³/mol. The van der Waals surface area contributed by atoms with Crippen molar-refractivity contribution in [2.45, 2.75) is 6.10 Å². The summed E-state index contributed by atoms with van der Waals surface area (Å²) in [6.45, 7) is -0.182. The highest BCUT2D eigenvalue weighted by atomic mass is 16.4. The maximum Gasteiger partial charge on any atom is 0.322 e. The van der Waals surface area contributed by atoms with E-state index in [1.165, 1.54) is 0 Å². The molecule has 2 rings (SSSR count). The number of benzene rings is 2. The minimum absolute atomic E-state index is 0.182. The van der Waals surface area contributed by atoms with Crippen molar-refractivity contribution < 1.29 is 15.0 Å². The third-order valence-electron chi connectivity index (χ3n) is 2.80. The summed E-state index contributed by atoms with van der Waals surface area (Å²) < 4.78 is 0. The van der Waals surface area contributed by atoms with Crippen molar-refractivity contribution in [2.75, 3.05) is 11.9 Å². The molecule has 4 nitrogen and oxygen atoms in total. The Hall–Kier alpha value is -2.33. The molecule has 0 amide bonds. The second-order valence-corrected chi connectivity index (χ2v) is 4.15. The molecule has 1 atom stereocenters. The van der Waals surface area contributed by atoms with E-state index < -0.39 is 12.1 Å². The number of aliphatic carboxylic acids is 1. The van der Waals surface area contributed by atoms with E-state index in [-0.39, 0.29) is 6.54 Å². The topological polar surface area (TPSA) is 69.6 Å². The lowest BCUT2D eigenvalue weighted by Crippen LogP contribution is -2.14. The lowest BCUT2D eigenvalue weighted by molar-refractivity contribution is -0.134. The van der Waals surface area contributed by atoms with Gasteiger partial charge in [-0.05, 0) is 11.6 Å². The van der Waals surface area contributed by atoms with Crippen LogP contribution in [0.25, 0.3) is 0 Å². The van der Waals surface area contributed by atoms with Crippen LogP contribution >= 0.6 is 0 Å². The molecule has 3 N–H and O–H groups in total. The van der Waals surface area contributed by atoms with E-state index in [1.54, 1.807) is 18.2 Å². The molecule has 0 aliphatic heterocycles. The summed E-state index contributed by atoms with van der Waals surface area (Å²) in [5.74, 6) is -0.941. The Labute approximate surface area is 111 Å². The first-order valence-electron chi connectivity index (χ1n) is 5.96. The number of hydrogen-bond donors (Lipinski definition) is 3. The lowest BCUT2D eigenvalue weighted by Gasteiger charge is -2.16. The smallest absolute Gasteiger partial charge is 0.322 e. The highest BCUT2D eigenvalue weighted by Crippen LogP contribution is 2.27. The average molecular weight is 257 g/mol. The Morgan fingerprint density at radius 1 is 1.05 bits per heavy atom. The normalized spacial score (nSPS) is 11.8. The van der Waals surface area contributed by atoms with E-state index in [0.29, 0.717) is 11.3 Å². The van der Waals surface area contributed by atoms with Crippen LogP contribution in [0.1, 0.15) is 17.2 Å². The molecule has 98 valence electrons. The van der Waals surface area contributed by atoms with Gasteiger partial charge in [0.1, 0.15) is 12.6 Å². The molecule has 0 saturated carbocycles. The number of anilines is 1. The maximum absolute atomic E-state index is 10.6. The van der Waals surface area contributed by atoms with Crippen molar-refractivity contribution in [1.29, 1.82) is 0 Å². The summed E-state index contributed by atoms with van der Waals surface area (Å²) >= 11 is 0. The number of para-hydroxylation sites is 1. The predicted octanol–water partition coefficient (Wildman–Crippen LogP) is 2.26. The number of hydrogen-bond acceptors (Lipinski definition) is 3. The van der Waals surface area contributed by atoms with Gasteiger partial charge >= 0.3 is 5.97 Å². The number of aliphatic hydroxyl groups is 1. The Kier molecular flexibility index (Phi) is 4.15. The largest absolute Gasteiger partial charge is 0.480 e. The summed E-state index contributed by atoms with van der Waals surface area (Å²) in [4.78, 5) is 10.6. The molecular formula is C15H15NO3. The molecule has 19 heavy (non-hydrogen) atoms. The van der Waals surface area contributed by atoms with Gasteiger partial charge in [0.15, 0.2) is 0 Å². The molecule has 0 radical (unpaired) electrons. The molecule has 0 saturated heterocycles. The fourth-order valence-electron chi connectivity index (χ4n) is 1.88. The Balaban J connectivity index is 2.26.